The third-order valence-electron chi connectivity index (χ3n) is 3.53. The Balaban J connectivity index is 0.00000108. The third-order valence-corrected chi connectivity index (χ3v) is 3.53. The number of rotatable bonds is 0. The van der Waals surface area contributed by atoms with E-state index in [1.807, 2.05) is 6.07 Å². The number of aliphatic imine (C=N–C) groups is 1. The summed E-state index contributed by atoms with van der Waals surface area (Å²) >= 11 is 0. The second-order valence-corrected chi connectivity index (χ2v) is 4.36. The maximum Gasteiger partial charge on any atom is 1.00 e. The summed E-state index contributed by atoms with van der Waals surface area (Å²) in [5.41, 5.74) is 9.59. The first kappa shape index (κ1) is 13.7. The van der Waals surface area contributed by atoms with Crippen LogP contribution in [0.3, 0.4) is 0 Å². The van der Waals surface area contributed by atoms with Crippen LogP contribution in [-0.4, -0.2) is 24.2 Å². The molecule has 3 rings (SSSR count). The van der Waals surface area contributed by atoms with E-state index in [0.29, 0.717) is 19.0 Å². The number of hydrogen-bond acceptors (Lipinski definition) is 3. The summed E-state index contributed by atoms with van der Waals surface area (Å²) in [6, 6.07) is 5.19. The summed E-state index contributed by atoms with van der Waals surface area (Å²) in [4.78, 5) is 4.26. The standard InChI is InChI=1S/C12H13N2O2.Rb/c13-11-12(3-5-16-6-4-12)9-2-1-8(15)7-10(9)14-11;/h1-2,7H,3-6H2,(H2-,13,14,15);/q-1;+1. The van der Waals surface area contributed by atoms with Gasteiger partial charge in [-0.2, -0.15) is 0 Å². The molecule has 0 aliphatic carbocycles. The van der Waals surface area contributed by atoms with Gasteiger partial charge in [-0.25, -0.2) is 0 Å². The summed E-state index contributed by atoms with van der Waals surface area (Å²) in [6.45, 7) is 1.36. The van der Waals surface area contributed by atoms with Crippen LogP contribution in [0.1, 0.15) is 18.4 Å². The van der Waals surface area contributed by atoms with E-state index in [4.69, 9.17) is 10.5 Å². The van der Waals surface area contributed by atoms with E-state index in [2.05, 4.69) is 4.99 Å². The molecule has 0 saturated carbocycles. The molecule has 2 N–H and O–H groups in total. The number of phenolic OH excluding ortho intramolecular Hbond substituents is 1. The van der Waals surface area contributed by atoms with E-state index in [0.717, 1.165) is 24.1 Å². The van der Waals surface area contributed by atoms with Crippen LogP contribution in [0.2, 0.25) is 0 Å². The number of fused-ring (bicyclic) bond motifs is 2. The van der Waals surface area contributed by atoms with Crippen molar-refractivity contribution in [1.29, 1.82) is 0 Å². The van der Waals surface area contributed by atoms with E-state index in [-0.39, 0.29) is 69.4 Å². The van der Waals surface area contributed by atoms with Crippen LogP contribution in [0, 0.1) is 0 Å². The van der Waals surface area contributed by atoms with Crippen LogP contribution < -0.4 is 58.2 Å². The van der Waals surface area contributed by atoms with Crippen LogP contribution >= 0.6 is 0 Å². The largest absolute Gasteiger partial charge is 1.00 e. The first-order valence-corrected chi connectivity index (χ1v) is 5.44. The quantitative estimate of drug-likeness (QED) is 0.705. The minimum Gasteiger partial charge on any atom is -0.508 e. The molecule has 17 heavy (non-hydrogen) atoms. The zero-order chi connectivity index (χ0) is 11.2. The van der Waals surface area contributed by atoms with Crippen LogP contribution in [0.5, 0.6) is 5.75 Å². The smallest absolute Gasteiger partial charge is 0.508 e. The minimum absolute atomic E-state index is 0. The van der Waals surface area contributed by atoms with Gasteiger partial charge in [0.05, 0.1) is 0 Å². The Kier molecular flexibility index (Phi) is 4.10. The molecule has 4 nitrogen and oxygen atoms in total. The van der Waals surface area contributed by atoms with Gasteiger partial charge in [0.1, 0.15) is 5.75 Å². The number of phenols is 1. The fraction of sp³-hybridized carbons (Fsp3) is 0.417. The van der Waals surface area contributed by atoms with Gasteiger partial charge in [0.2, 0.25) is 0 Å². The van der Waals surface area contributed by atoms with Crippen LogP contribution in [-0.2, 0) is 10.2 Å². The monoisotopic (exact) mass is 302 g/mol. The van der Waals surface area contributed by atoms with E-state index < -0.39 is 0 Å². The number of nitrogens with one attached hydrogen (secondary N) is 1. The maximum absolute atomic E-state index is 9.41. The Morgan fingerprint density at radius 1 is 1.29 bits per heavy atom. The van der Waals surface area contributed by atoms with Crippen molar-refractivity contribution in [2.24, 2.45) is 4.99 Å². The molecule has 5 heteroatoms. The third kappa shape index (κ3) is 2.14. The molecule has 1 spiro atoms. The Bertz CT molecular complexity index is 468. The SMILES string of the molecule is [NH-]C1=Nc2cc(O)ccc2C12CCOCC2.[Rb+]. The average molecular weight is 303 g/mol. The molecule has 0 radical (unpaired) electrons. The van der Waals surface area contributed by atoms with Crippen molar-refractivity contribution in [2.45, 2.75) is 18.3 Å². The summed E-state index contributed by atoms with van der Waals surface area (Å²) in [5, 5.41) is 9.41. The topological polar surface area (TPSA) is 65.6 Å². The zero-order valence-electron chi connectivity index (χ0n) is 9.86. The molecule has 84 valence electrons. The number of hydrogen-bond donors (Lipinski definition) is 1. The van der Waals surface area contributed by atoms with Crippen LogP contribution in [0.25, 0.3) is 5.73 Å². The van der Waals surface area contributed by atoms with Crippen molar-refractivity contribution < 1.29 is 68.0 Å². The number of ether oxygens (including phenoxy) is 1. The van der Waals surface area contributed by atoms with Gasteiger partial charge in [-0.3, -0.25) is 0 Å². The van der Waals surface area contributed by atoms with Crippen molar-refractivity contribution in [3.05, 3.63) is 29.5 Å². The van der Waals surface area contributed by atoms with Crippen molar-refractivity contribution in [2.75, 3.05) is 13.2 Å². The van der Waals surface area contributed by atoms with Gasteiger partial charge < -0.3 is 20.6 Å². The number of amidine groups is 1. The molecule has 1 aromatic rings. The Hall–Kier alpha value is 0.255. The predicted molar refractivity (Wildman–Crippen MR) is 61.3 cm³/mol. The molecule has 0 unspecified atom stereocenters. The van der Waals surface area contributed by atoms with Gasteiger partial charge in [-0.15, -0.1) is 0 Å². The normalized spacial score (nSPS) is 20.6. The van der Waals surface area contributed by atoms with Gasteiger partial charge in [0, 0.05) is 18.6 Å². The Morgan fingerprint density at radius 2 is 2.00 bits per heavy atom. The summed E-state index contributed by atoms with van der Waals surface area (Å²) in [5.74, 6) is 0.621. The van der Waals surface area contributed by atoms with E-state index in [1.54, 1.807) is 12.1 Å². The molecule has 1 saturated heterocycles. The molecule has 0 bridgehead atoms. The second kappa shape index (κ2) is 5.09. The van der Waals surface area contributed by atoms with Crippen LogP contribution in [0.15, 0.2) is 23.2 Å². The van der Waals surface area contributed by atoms with E-state index in [9.17, 15) is 5.11 Å². The Labute approximate surface area is 149 Å². The van der Waals surface area contributed by atoms with Crippen molar-refractivity contribution in [3.8, 4) is 5.75 Å². The molecule has 1 fully saturated rings. The van der Waals surface area contributed by atoms with E-state index >= 15 is 0 Å². The van der Waals surface area contributed by atoms with Crippen molar-refractivity contribution >= 4 is 11.5 Å². The molecule has 1 aromatic carbocycles. The molecular formula is C12H13N2O2Rb. The number of benzene rings is 1. The van der Waals surface area contributed by atoms with E-state index in [1.165, 1.54) is 0 Å². The average Bonchev–Trinajstić information content (AvgIpc) is 2.53. The number of nitrogens with zero attached hydrogens (tertiary/aromatic N) is 1. The fourth-order valence-corrected chi connectivity index (χ4v) is 2.60. The molecule has 2 heterocycles. The molecule has 0 atom stereocenters. The fourth-order valence-electron chi connectivity index (χ4n) is 2.60. The summed E-state index contributed by atoms with van der Waals surface area (Å²) in [7, 11) is 0. The van der Waals surface area contributed by atoms with Gasteiger partial charge in [-0.1, -0.05) is 11.9 Å². The molecule has 2 aliphatic rings. The van der Waals surface area contributed by atoms with Crippen molar-refractivity contribution in [3.63, 3.8) is 0 Å². The van der Waals surface area contributed by atoms with Crippen molar-refractivity contribution in [1.82, 2.24) is 0 Å². The predicted octanol–water partition coefficient (Wildman–Crippen LogP) is -0.460. The molecule has 0 amide bonds. The van der Waals surface area contributed by atoms with Gasteiger partial charge in [0.25, 0.3) is 0 Å². The Morgan fingerprint density at radius 3 is 2.71 bits per heavy atom. The summed E-state index contributed by atoms with van der Waals surface area (Å²) in [6.07, 6.45) is 1.63. The maximum atomic E-state index is 9.41. The zero-order valence-corrected chi connectivity index (χ0v) is 14.8. The van der Waals surface area contributed by atoms with Crippen LogP contribution in [0.4, 0.5) is 5.69 Å². The first-order chi connectivity index (χ1) is 7.72. The molecular weight excluding hydrogens is 290 g/mol. The van der Waals surface area contributed by atoms with Gasteiger partial charge >= 0.3 is 58.2 Å². The molecule has 2 aliphatic heterocycles. The van der Waals surface area contributed by atoms with Gasteiger partial charge in [-0.05, 0) is 36.2 Å². The first-order valence-electron chi connectivity index (χ1n) is 5.44. The molecule has 0 aromatic heterocycles. The minimum atomic E-state index is -0.263. The van der Waals surface area contributed by atoms with Gasteiger partial charge in [0.15, 0.2) is 0 Å². The summed E-state index contributed by atoms with van der Waals surface area (Å²) < 4.78 is 5.36. The second-order valence-electron chi connectivity index (χ2n) is 4.36. The number of aromatic hydroxyl groups is 1.